The molecule has 0 atom stereocenters. The second kappa shape index (κ2) is 14.8. The van der Waals surface area contributed by atoms with E-state index in [1.54, 1.807) is 0 Å². The van der Waals surface area contributed by atoms with Gasteiger partial charge in [-0.15, -0.1) is 0 Å². The fraction of sp³-hybridized carbons (Fsp3) is 0.750. The quantitative estimate of drug-likeness (QED) is 0.698. The van der Waals surface area contributed by atoms with Crippen LogP contribution in [0.5, 0.6) is 0 Å². The first kappa shape index (κ1) is 24.4. The zero-order valence-corrected chi connectivity index (χ0v) is 19.3. The van der Waals surface area contributed by atoms with Crippen molar-refractivity contribution in [3.8, 4) is 0 Å². The summed E-state index contributed by atoms with van der Waals surface area (Å²) < 4.78 is 22.5. The van der Waals surface area contributed by atoms with Gasteiger partial charge in [0, 0.05) is 45.0 Å². The minimum absolute atomic E-state index is 0.608. The van der Waals surface area contributed by atoms with E-state index in [0.29, 0.717) is 52.9 Å². The minimum Gasteiger partial charge on any atom is -0.377 e. The van der Waals surface area contributed by atoms with E-state index in [9.17, 15) is 0 Å². The molecule has 3 rings (SSSR count). The first-order valence-corrected chi connectivity index (χ1v) is 11.9. The Hall–Kier alpha value is -1.22. The molecule has 0 aliphatic carbocycles. The predicted octanol–water partition coefficient (Wildman–Crippen LogP) is 1.75. The van der Waals surface area contributed by atoms with Gasteiger partial charge in [0.2, 0.25) is 0 Å². The standard InChI is InChI=1S/C24H41N3O4/c1-25-9-11-26(12-10-25)8-2-3-23-4-6-24(7-5-23)27-13-15-28-17-19-30-21-22-31-20-18-29-16-14-27/h4-7H,2-3,8-22H2,1H3. The molecule has 7 nitrogen and oxygen atoms in total. The third kappa shape index (κ3) is 9.85. The molecule has 0 saturated carbocycles. The molecule has 2 aliphatic heterocycles. The van der Waals surface area contributed by atoms with Crippen LogP contribution in [0.25, 0.3) is 0 Å². The molecule has 2 aliphatic rings. The Kier molecular flexibility index (Phi) is 11.6. The summed E-state index contributed by atoms with van der Waals surface area (Å²) in [5.41, 5.74) is 2.64. The van der Waals surface area contributed by atoms with Gasteiger partial charge < -0.3 is 33.6 Å². The number of benzene rings is 1. The van der Waals surface area contributed by atoms with Crippen LogP contribution in [0.4, 0.5) is 5.69 Å². The van der Waals surface area contributed by atoms with Gasteiger partial charge in [0.1, 0.15) is 0 Å². The number of ether oxygens (including phenoxy) is 4. The Balaban J connectivity index is 1.43. The molecule has 0 radical (unpaired) electrons. The van der Waals surface area contributed by atoms with Crippen LogP contribution >= 0.6 is 0 Å². The van der Waals surface area contributed by atoms with E-state index >= 15 is 0 Å². The monoisotopic (exact) mass is 435 g/mol. The molecular formula is C24H41N3O4. The average Bonchev–Trinajstić information content (AvgIpc) is 2.80. The van der Waals surface area contributed by atoms with E-state index in [2.05, 4.69) is 46.0 Å². The van der Waals surface area contributed by atoms with Crippen molar-refractivity contribution >= 4 is 5.69 Å². The maximum absolute atomic E-state index is 5.75. The summed E-state index contributed by atoms with van der Waals surface area (Å²) in [6, 6.07) is 9.04. The highest BCUT2D eigenvalue weighted by Crippen LogP contribution is 2.16. The van der Waals surface area contributed by atoms with Gasteiger partial charge in [-0.1, -0.05) is 12.1 Å². The van der Waals surface area contributed by atoms with Crippen LogP contribution in [0.2, 0.25) is 0 Å². The largest absolute Gasteiger partial charge is 0.377 e. The van der Waals surface area contributed by atoms with Crippen LogP contribution in [0.15, 0.2) is 24.3 Å². The highest BCUT2D eigenvalue weighted by Gasteiger charge is 2.13. The SMILES string of the molecule is CN1CCN(CCCc2ccc(N3CCOCCOCCOCCOCC3)cc2)CC1. The topological polar surface area (TPSA) is 46.6 Å². The Morgan fingerprint density at radius 2 is 1.16 bits per heavy atom. The lowest BCUT2D eigenvalue weighted by atomic mass is 10.1. The number of nitrogens with zero attached hydrogens (tertiary/aromatic N) is 3. The number of anilines is 1. The van der Waals surface area contributed by atoms with Crippen LogP contribution in [0.1, 0.15) is 12.0 Å². The molecule has 0 N–H and O–H groups in total. The lowest BCUT2D eigenvalue weighted by Gasteiger charge is -2.32. The molecule has 0 aromatic heterocycles. The minimum atomic E-state index is 0.608. The number of aryl methyl sites for hydroxylation is 1. The third-order valence-electron chi connectivity index (χ3n) is 5.96. The van der Waals surface area contributed by atoms with Crippen LogP contribution in [-0.2, 0) is 25.4 Å². The molecule has 176 valence electrons. The summed E-state index contributed by atoms with van der Waals surface area (Å²) in [6.45, 7) is 12.7. The molecular weight excluding hydrogens is 394 g/mol. The summed E-state index contributed by atoms with van der Waals surface area (Å²) in [5, 5.41) is 0. The number of rotatable bonds is 5. The van der Waals surface area contributed by atoms with Gasteiger partial charge >= 0.3 is 0 Å². The van der Waals surface area contributed by atoms with E-state index in [-0.39, 0.29) is 0 Å². The van der Waals surface area contributed by atoms with Crippen LogP contribution in [-0.4, -0.2) is 116 Å². The lowest BCUT2D eigenvalue weighted by Crippen LogP contribution is -2.44. The Bertz CT molecular complexity index is 563. The van der Waals surface area contributed by atoms with Gasteiger partial charge in [0.05, 0.1) is 52.9 Å². The van der Waals surface area contributed by atoms with Gasteiger partial charge in [-0.25, -0.2) is 0 Å². The van der Waals surface area contributed by atoms with Crippen molar-refractivity contribution in [1.29, 1.82) is 0 Å². The van der Waals surface area contributed by atoms with Crippen LogP contribution in [0.3, 0.4) is 0 Å². The Morgan fingerprint density at radius 1 is 0.645 bits per heavy atom. The second-order valence-corrected chi connectivity index (χ2v) is 8.35. The molecule has 0 amide bonds. The van der Waals surface area contributed by atoms with E-state index < -0.39 is 0 Å². The van der Waals surface area contributed by atoms with Crippen molar-refractivity contribution in [3.05, 3.63) is 29.8 Å². The number of hydrogen-bond donors (Lipinski definition) is 0. The molecule has 2 fully saturated rings. The molecule has 1 aromatic rings. The van der Waals surface area contributed by atoms with E-state index in [4.69, 9.17) is 18.9 Å². The molecule has 0 spiro atoms. The molecule has 0 unspecified atom stereocenters. The summed E-state index contributed by atoms with van der Waals surface area (Å²) in [7, 11) is 2.21. The first-order valence-electron chi connectivity index (χ1n) is 11.9. The van der Waals surface area contributed by atoms with Crippen LogP contribution in [0, 0.1) is 0 Å². The van der Waals surface area contributed by atoms with Gasteiger partial charge in [-0.05, 0) is 44.1 Å². The van der Waals surface area contributed by atoms with E-state index in [1.165, 1.54) is 50.4 Å². The lowest BCUT2D eigenvalue weighted by molar-refractivity contribution is 0.00206. The van der Waals surface area contributed by atoms with Crippen molar-refractivity contribution in [1.82, 2.24) is 9.80 Å². The van der Waals surface area contributed by atoms with Crippen molar-refractivity contribution in [2.75, 3.05) is 111 Å². The van der Waals surface area contributed by atoms with Crippen molar-refractivity contribution in [2.24, 2.45) is 0 Å². The van der Waals surface area contributed by atoms with Gasteiger partial charge in [0.25, 0.3) is 0 Å². The molecule has 0 bridgehead atoms. The number of piperazine rings is 1. The van der Waals surface area contributed by atoms with Crippen LogP contribution < -0.4 is 4.90 Å². The molecule has 7 heteroatoms. The van der Waals surface area contributed by atoms with E-state index in [1.807, 2.05) is 0 Å². The zero-order chi connectivity index (χ0) is 21.6. The summed E-state index contributed by atoms with van der Waals surface area (Å²) >= 11 is 0. The molecule has 2 heterocycles. The number of likely N-dealkylation sites (N-methyl/N-ethyl adjacent to an activating group) is 1. The normalized spacial score (nSPS) is 22.0. The summed E-state index contributed by atoms with van der Waals surface area (Å²) in [5.74, 6) is 0. The Morgan fingerprint density at radius 3 is 1.71 bits per heavy atom. The van der Waals surface area contributed by atoms with Crippen molar-refractivity contribution in [2.45, 2.75) is 12.8 Å². The van der Waals surface area contributed by atoms with Crippen molar-refractivity contribution in [3.63, 3.8) is 0 Å². The fourth-order valence-electron chi connectivity index (χ4n) is 3.93. The van der Waals surface area contributed by atoms with Crippen molar-refractivity contribution < 1.29 is 18.9 Å². The number of hydrogen-bond acceptors (Lipinski definition) is 7. The second-order valence-electron chi connectivity index (χ2n) is 8.35. The Labute approximate surface area is 188 Å². The molecule has 2 saturated heterocycles. The average molecular weight is 436 g/mol. The van der Waals surface area contributed by atoms with Gasteiger partial charge in [-0.3, -0.25) is 0 Å². The first-order chi connectivity index (χ1) is 15.3. The molecule has 1 aromatic carbocycles. The predicted molar refractivity (Wildman–Crippen MR) is 124 cm³/mol. The van der Waals surface area contributed by atoms with E-state index in [0.717, 1.165) is 19.5 Å². The summed E-state index contributed by atoms with van der Waals surface area (Å²) in [6.07, 6.45) is 2.36. The highest BCUT2D eigenvalue weighted by atomic mass is 16.6. The maximum atomic E-state index is 5.75. The highest BCUT2D eigenvalue weighted by molar-refractivity contribution is 5.47. The zero-order valence-electron chi connectivity index (χ0n) is 19.3. The fourth-order valence-corrected chi connectivity index (χ4v) is 3.93. The third-order valence-corrected chi connectivity index (χ3v) is 5.96. The summed E-state index contributed by atoms with van der Waals surface area (Å²) in [4.78, 5) is 7.34. The smallest absolute Gasteiger partial charge is 0.0701 e. The maximum Gasteiger partial charge on any atom is 0.0701 e. The van der Waals surface area contributed by atoms with Gasteiger partial charge in [0.15, 0.2) is 0 Å². The molecule has 31 heavy (non-hydrogen) atoms. The van der Waals surface area contributed by atoms with Gasteiger partial charge in [-0.2, -0.15) is 0 Å².